The van der Waals surface area contributed by atoms with Gasteiger partial charge in [-0.15, -0.1) is 0 Å². The number of methoxy groups -OCH3 is 1. The minimum absolute atomic E-state index is 0.246. The van der Waals surface area contributed by atoms with Crippen LogP contribution >= 0.6 is 0 Å². The zero-order chi connectivity index (χ0) is 24.4. The summed E-state index contributed by atoms with van der Waals surface area (Å²) >= 11 is 0. The van der Waals surface area contributed by atoms with Crippen molar-refractivity contribution in [1.29, 1.82) is 0 Å². The first-order chi connectivity index (χ1) is 16.3. The van der Waals surface area contributed by atoms with Crippen LogP contribution in [0.1, 0.15) is 29.4 Å². The fraction of sp³-hybridized carbons (Fsp3) is 0.214. The molecular formula is C28H27FN2O3. The van der Waals surface area contributed by atoms with E-state index in [2.05, 4.69) is 0 Å². The third-order valence-corrected chi connectivity index (χ3v) is 6.23. The Morgan fingerprint density at radius 1 is 1.03 bits per heavy atom. The van der Waals surface area contributed by atoms with Crippen molar-refractivity contribution >= 4 is 18.0 Å². The Morgan fingerprint density at radius 2 is 1.71 bits per heavy atom. The molecule has 0 radical (unpaired) electrons. The molecule has 0 spiro atoms. The van der Waals surface area contributed by atoms with E-state index in [0.29, 0.717) is 24.4 Å². The predicted octanol–water partition coefficient (Wildman–Crippen LogP) is 5.15. The number of nitrogens with zero attached hydrogens (tertiary/aromatic N) is 2. The third kappa shape index (κ3) is 4.19. The van der Waals surface area contributed by atoms with Gasteiger partial charge in [-0.2, -0.15) is 0 Å². The highest BCUT2D eigenvalue weighted by Gasteiger charge is 2.37. The molecular weight excluding hydrogens is 431 g/mol. The number of halogens is 1. The van der Waals surface area contributed by atoms with Crippen molar-refractivity contribution in [3.63, 3.8) is 0 Å². The summed E-state index contributed by atoms with van der Waals surface area (Å²) < 4.78 is 21.3. The van der Waals surface area contributed by atoms with Gasteiger partial charge in [-0.3, -0.25) is 4.79 Å². The van der Waals surface area contributed by atoms with Gasteiger partial charge in [-0.05, 0) is 62.6 Å². The number of hydrogen-bond donors (Lipinski definition) is 0. The second-order valence-electron chi connectivity index (χ2n) is 8.32. The summed E-state index contributed by atoms with van der Waals surface area (Å²) in [5, 5.41) is 0. The van der Waals surface area contributed by atoms with Crippen LogP contribution in [0.2, 0.25) is 0 Å². The summed E-state index contributed by atoms with van der Waals surface area (Å²) in [4.78, 5) is 27.7. The molecule has 3 aromatic rings. The summed E-state index contributed by atoms with van der Waals surface area (Å²) in [7, 11) is 1.31. The fourth-order valence-electron chi connectivity index (χ4n) is 4.48. The van der Waals surface area contributed by atoms with E-state index in [1.807, 2.05) is 54.8 Å². The van der Waals surface area contributed by atoms with Crippen LogP contribution in [0.3, 0.4) is 0 Å². The molecule has 34 heavy (non-hydrogen) atoms. The normalized spacial score (nSPS) is 14.9. The summed E-state index contributed by atoms with van der Waals surface area (Å²) in [5.41, 5.74) is 4.99. The lowest BCUT2D eigenvalue weighted by atomic mass is 10.0. The van der Waals surface area contributed by atoms with Crippen LogP contribution in [0.25, 0.3) is 11.8 Å². The van der Waals surface area contributed by atoms with Crippen LogP contribution < -0.4 is 0 Å². The molecule has 0 unspecified atom stereocenters. The topological polar surface area (TPSA) is 51.5 Å². The first kappa shape index (κ1) is 23.2. The lowest BCUT2D eigenvalue weighted by molar-refractivity contribution is -0.136. The number of ether oxygens (including phenoxy) is 1. The van der Waals surface area contributed by atoms with Crippen molar-refractivity contribution in [3.8, 4) is 5.69 Å². The minimum atomic E-state index is -0.553. The molecule has 1 aliphatic rings. The molecule has 0 N–H and O–H groups in total. The van der Waals surface area contributed by atoms with Crippen LogP contribution in [0.5, 0.6) is 0 Å². The number of allylic oxidation sites excluding steroid dienone is 1. The summed E-state index contributed by atoms with van der Waals surface area (Å²) in [6.07, 6.45) is 2.37. The highest BCUT2D eigenvalue weighted by molar-refractivity contribution is 6.16. The van der Waals surface area contributed by atoms with E-state index in [4.69, 9.17) is 4.74 Å². The Labute approximate surface area is 198 Å². The fourth-order valence-corrected chi connectivity index (χ4v) is 4.48. The molecule has 2 heterocycles. The van der Waals surface area contributed by atoms with Gasteiger partial charge in [0.25, 0.3) is 5.91 Å². The zero-order valence-corrected chi connectivity index (χ0v) is 19.8. The first-order valence-corrected chi connectivity index (χ1v) is 11.1. The van der Waals surface area contributed by atoms with E-state index >= 15 is 0 Å². The molecule has 0 aliphatic carbocycles. The largest absolute Gasteiger partial charge is 0.465 e. The quantitative estimate of drug-likeness (QED) is 0.379. The number of benzene rings is 2. The average Bonchev–Trinajstić information content (AvgIpc) is 3.24. The number of rotatable bonds is 6. The van der Waals surface area contributed by atoms with Crippen molar-refractivity contribution in [3.05, 3.63) is 106 Å². The van der Waals surface area contributed by atoms with Gasteiger partial charge in [0.1, 0.15) is 5.82 Å². The maximum Gasteiger partial charge on any atom is 0.340 e. The van der Waals surface area contributed by atoms with Crippen LogP contribution in [-0.2, 0) is 20.7 Å². The molecule has 5 nitrogen and oxygen atoms in total. The van der Waals surface area contributed by atoms with E-state index in [9.17, 15) is 14.0 Å². The number of aryl methyl sites for hydroxylation is 1. The Bertz CT molecular complexity index is 1320. The Morgan fingerprint density at radius 3 is 2.38 bits per heavy atom. The second-order valence-corrected chi connectivity index (χ2v) is 8.32. The average molecular weight is 459 g/mol. The minimum Gasteiger partial charge on any atom is -0.465 e. The maximum atomic E-state index is 14.5. The van der Waals surface area contributed by atoms with E-state index in [1.54, 1.807) is 36.1 Å². The molecule has 1 amide bonds. The SMILES string of the molecule is COC(=O)C1=C(C)N(CCc2ccccc2)C(=O)C1=Cc1cc(C)n(-c2ccccc2F)c1C. The van der Waals surface area contributed by atoms with Gasteiger partial charge >= 0.3 is 5.97 Å². The van der Waals surface area contributed by atoms with Crippen LogP contribution in [0.4, 0.5) is 4.39 Å². The number of esters is 1. The van der Waals surface area contributed by atoms with Gasteiger partial charge < -0.3 is 14.2 Å². The van der Waals surface area contributed by atoms with Gasteiger partial charge in [0.15, 0.2) is 0 Å². The number of carbonyl (C=O) groups is 2. The molecule has 4 rings (SSSR count). The van der Waals surface area contributed by atoms with Gasteiger partial charge in [0.2, 0.25) is 0 Å². The van der Waals surface area contributed by atoms with Crippen molar-refractivity contribution < 1.29 is 18.7 Å². The van der Waals surface area contributed by atoms with Crippen LogP contribution in [0.15, 0.2) is 77.5 Å². The molecule has 1 aliphatic heterocycles. The number of aromatic nitrogens is 1. The molecule has 0 saturated heterocycles. The molecule has 0 fully saturated rings. The standard InChI is InChI=1S/C28H27FN2O3/c1-18-16-22(19(2)31(18)25-13-9-8-12-24(25)29)17-23-26(28(33)34-4)20(3)30(27(23)32)15-14-21-10-6-5-7-11-21/h5-13,16-17H,14-15H2,1-4H3. The van der Waals surface area contributed by atoms with Crippen molar-refractivity contribution in [2.75, 3.05) is 13.7 Å². The highest BCUT2D eigenvalue weighted by Crippen LogP contribution is 2.33. The van der Waals surface area contributed by atoms with Gasteiger partial charge in [0, 0.05) is 23.6 Å². The summed E-state index contributed by atoms with van der Waals surface area (Å²) in [6.45, 7) is 5.96. The number of para-hydroxylation sites is 1. The van der Waals surface area contributed by atoms with Gasteiger partial charge in [0.05, 0.1) is 23.9 Å². The Hall–Kier alpha value is -3.93. The van der Waals surface area contributed by atoms with Crippen molar-refractivity contribution in [2.24, 2.45) is 0 Å². The van der Waals surface area contributed by atoms with E-state index in [1.165, 1.54) is 13.2 Å². The first-order valence-electron chi connectivity index (χ1n) is 11.1. The lowest BCUT2D eigenvalue weighted by Gasteiger charge is -2.17. The highest BCUT2D eigenvalue weighted by atomic mass is 19.1. The van der Waals surface area contributed by atoms with E-state index < -0.39 is 5.97 Å². The number of carbonyl (C=O) groups excluding carboxylic acids is 2. The lowest BCUT2D eigenvalue weighted by Crippen LogP contribution is -2.27. The number of hydrogen-bond acceptors (Lipinski definition) is 3. The zero-order valence-electron chi connectivity index (χ0n) is 19.8. The smallest absolute Gasteiger partial charge is 0.340 e. The molecule has 174 valence electrons. The Balaban J connectivity index is 1.74. The number of amides is 1. The monoisotopic (exact) mass is 458 g/mol. The maximum absolute atomic E-state index is 14.5. The van der Waals surface area contributed by atoms with E-state index in [0.717, 1.165) is 22.5 Å². The van der Waals surface area contributed by atoms with Crippen LogP contribution in [0, 0.1) is 19.7 Å². The molecule has 0 atom stereocenters. The summed E-state index contributed by atoms with van der Waals surface area (Å²) in [5.74, 6) is -1.13. The van der Waals surface area contributed by atoms with Crippen molar-refractivity contribution in [1.82, 2.24) is 9.47 Å². The Kier molecular flexibility index (Phi) is 6.50. The predicted molar refractivity (Wildman–Crippen MR) is 130 cm³/mol. The molecule has 0 saturated carbocycles. The van der Waals surface area contributed by atoms with Gasteiger partial charge in [-0.25, -0.2) is 9.18 Å². The molecule has 6 heteroatoms. The van der Waals surface area contributed by atoms with E-state index in [-0.39, 0.29) is 22.9 Å². The van der Waals surface area contributed by atoms with Gasteiger partial charge in [-0.1, -0.05) is 42.5 Å². The molecule has 0 bridgehead atoms. The second kappa shape index (κ2) is 9.51. The molecule has 1 aromatic heterocycles. The van der Waals surface area contributed by atoms with Crippen LogP contribution in [-0.4, -0.2) is 35.0 Å². The van der Waals surface area contributed by atoms with Crippen molar-refractivity contribution in [2.45, 2.75) is 27.2 Å². The molecule has 2 aromatic carbocycles. The third-order valence-electron chi connectivity index (χ3n) is 6.23. The summed E-state index contributed by atoms with van der Waals surface area (Å²) in [6, 6.07) is 18.3.